The smallest absolute Gasteiger partial charge is 0.0465 e. The van der Waals surface area contributed by atoms with Gasteiger partial charge >= 0.3 is 0 Å². The summed E-state index contributed by atoms with van der Waals surface area (Å²) < 4.78 is 0. The van der Waals surface area contributed by atoms with Gasteiger partial charge in [-0.1, -0.05) is 35.7 Å². The molecule has 1 heterocycles. The molecule has 1 unspecified atom stereocenters. The lowest BCUT2D eigenvalue weighted by Gasteiger charge is -2.35. The van der Waals surface area contributed by atoms with Gasteiger partial charge in [-0.15, -0.1) is 0 Å². The molecular formula is C14H20Cl2N2. The molecule has 2 nitrogen and oxygen atoms in total. The van der Waals surface area contributed by atoms with Gasteiger partial charge in [-0.2, -0.15) is 0 Å². The lowest BCUT2D eigenvalue weighted by atomic mass is 9.98. The van der Waals surface area contributed by atoms with Crippen molar-refractivity contribution in [2.24, 2.45) is 5.73 Å². The molecule has 2 rings (SSSR count). The topological polar surface area (TPSA) is 29.3 Å². The summed E-state index contributed by atoms with van der Waals surface area (Å²) in [7, 11) is 0. The van der Waals surface area contributed by atoms with E-state index in [0.717, 1.165) is 36.6 Å². The molecule has 1 saturated heterocycles. The zero-order valence-electron chi connectivity index (χ0n) is 10.5. The van der Waals surface area contributed by atoms with Crippen LogP contribution in [0.1, 0.15) is 31.2 Å². The zero-order chi connectivity index (χ0) is 13.0. The quantitative estimate of drug-likeness (QED) is 0.915. The van der Waals surface area contributed by atoms with Crippen LogP contribution < -0.4 is 5.73 Å². The highest BCUT2D eigenvalue weighted by Crippen LogP contribution is 2.26. The molecule has 1 fully saturated rings. The molecular weight excluding hydrogens is 267 g/mol. The normalized spacial score (nSPS) is 21.2. The highest BCUT2D eigenvalue weighted by molar-refractivity contribution is 6.35. The van der Waals surface area contributed by atoms with Crippen molar-refractivity contribution in [1.29, 1.82) is 0 Å². The molecule has 1 aromatic rings. The minimum atomic E-state index is 0.607. The third-order valence-electron chi connectivity index (χ3n) is 3.64. The fraction of sp³-hybridized carbons (Fsp3) is 0.571. The van der Waals surface area contributed by atoms with E-state index < -0.39 is 0 Å². The Bertz CT molecular complexity index is 393. The van der Waals surface area contributed by atoms with Crippen molar-refractivity contribution in [3.05, 3.63) is 33.8 Å². The zero-order valence-corrected chi connectivity index (χ0v) is 12.1. The summed E-state index contributed by atoms with van der Waals surface area (Å²) in [4.78, 5) is 2.51. The minimum Gasteiger partial charge on any atom is -0.330 e. The Morgan fingerprint density at radius 2 is 2.11 bits per heavy atom. The van der Waals surface area contributed by atoms with Gasteiger partial charge in [0.25, 0.3) is 0 Å². The van der Waals surface area contributed by atoms with E-state index in [9.17, 15) is 0 Å². The van der Waals surface area contributed by atoms with Gasteiger partial charge in [-0.3, -0.25) is 4.90 Å². The van der Waals surface area contributed by atoms with Crippen LogP contribution in [-0.4, -0.2) is 24.0 Å². The number of halogens is 2. The molecule has 1 aliphatic heterocycles. The summed E-state index contributed by atoms with van der Waals surface area (Å²) in [6, 6.07) is 6.36. The van der Waals surface area contributed by atoms with Crippen molar-refractivity contribution in [1.82, 2.24) is 4.90 Å². The van der Waals surface area contributed by atoms with Crippen molar-refractivity contribution < 1.29 is 0 Å². The van der Waals surface area contributed by atoms with Gasteiger partial charge in [0.1, 0.15) is 0 Å². The Morgan fingerprint density at radius 3 is 2.83 bits per heavy atom. The molecule has 1 aliphatic rings. The van der Waals surface area contributed by atoms with Crippen LogP contribution in [0.5, 0.6) is 0 Å². The van der Waals surface area contributed by atoms with Gasteiger partial charge in [0.05, 0.1) is 0 Å². The van der Waals surface area contributed by atoms with E-state index in [1.807, 2.05) is 18.2 Å². The Morgan fingerprint density at radius 1 is 1.28 bits per heavy atom. The molecule has 0 aliphatic carbocycles. The number of benzene rings is 1. The molecule has 2 N–H and O–H groups in total. The largest absolute Gasteiger partial charge is 0.330 e. The van der Waals surface area contributed by atoms with E-state index in [4.69, 9.17) is 28.9 Å². The maximum atomic E-state index is 6.24. The first kappa shape index (κ1) is 14.1. The second-order valence-corrected chi connectivity index (χ2v) is 5.78. The molecule has 1 aromatic carbocycles. The van der Waals surface area contributed by atoms with E-state index >= 15 is 0 Å². The Hall–Kier alpha value is -0.280. The van der Waals surface area contributed by atoms with E-state index in [0.29, 0.717) is 11.1 Å². The molecule has 0 aromatic heterocycles. The third kappa shape index (κ3) is 3.61. The SMILES string of the molecule is NCCC1CCCCN1Cc1ccc(Cl)cc1Cl. The monoisotopic (exact) mass is 286 g/mol. The first-order valence-electron chi connectivity index (χ1n) is 6.58. The molecule has 0 amide bonds. The van der Waals surface area contributed by atoms with Gasteiger partial charge in [-0.25, -0.2) is 0 Å². The first-order chi connectivity index (χ1) is 8.70. The molecule has 0 radical (unpaired) electrons. The number of nitrogens with two attached hydrogens (primary N) is 1. The van der Waals surface area contributed by atoms with E-state index in [1.165, 1.54) is 19.3 Å². The van der Waals surface area contributed by atoms with Gasteiger partial charge in [0, 0.05) is 22.6 Å². The van der Waals surface area contributed by atoms with Crippen molar-refractivity contribution in [2.45, 2.75) is 38.3 Å². The average Bonchev–Trinajstić information content (AvgIpc) is 2.35. The van der Waals surface area contributed by atoms with Crippen molar-refractivity contribution in [2.75, 3.05) is 13.1 Å². The van der Waals surface area contributed by atoms with E-state index in [1.54, 1.807) is 0 Å². The number of likely N-dealkylation sites (tertiary alicyclic amines) is 1. The predicted octanol–water partition coefficient (Wildman–Crippen LogP) is 3.70. The summed E-state index contributed by atoms with van der Waals surface area (Å²) >= 11 is 12.2. The standard InChI is InChI=1S/C14H20Cl2N2/c15-12-5-4-11(14(16)9-12)10-18-8-2-1-3-13(18)6-7-17/h4-5,9,13H,1-3,6-8,10,17H2. The van der Waals surface area contributed by atoms with Crippen molar-refractivity contribution in [3.8, 4) is 0 Å². The van der Waals surface area contributed by atoms with Crippen LogP contribution in [0.3, 0.4) is 0 Å². The Kier molecular flexibility index (Phi) is 5.31. The van der Waals surface area contributed by atoms with Gasteiger partial charge in [0.2, 0.25) is 0 Å². The number of hydrogen-bond acceptors (Lipinski definition) is 2. The Labute approximate surface area is 119 Å². The summed E-state index contributed by atoms with van der Waals surface area (Å²) in [5.74, 6) is 0. The maximum Gasteiger partial charge on any atom is 0.0465 e. The fourth-order valence-corrected chi connectivity index (χ4v) is 3.12. The fourth-order valence-electron chi connectivity index (χ4n) is 2.66. The van der Waals surface area contributed by atoms with Crippen molar-refractivity contribution in [3.63, 3.8) is 0 Å². The highest BCUT2D eigenvalue weighted by atomic mass is 35.5. The average molecular weight is 287 g/mol. The summed E-state index contributed by atoms with van der Waals surface area (Å²) in [6.45, 7) is 2.81. The van der Waals surface area contributed by atoms with Crippen LogP contribution in [0.4, 0.5) is 0 Å². The van der Waals surface area contributed by atoms with Crippen LogP contribution >= 0.6 is 23.2 Å². The molecule has 0 spiro atoms. The second kappa shape index (κ2) is 6.76. The number of piperidine rings is 1. The van der Waals surface area contributed by atoms with Crippen LogP contribution in [0.2, 0.25) is 10.0 Å². The molecule has 0 saturated carbocycles. The van der Waals surface area contributed by atoms with Crippen LogP contribution in [0.25, 0.3) is 0 Å². The second-order valence-electron chi connectivity index (χ2n) is 4.93. The van der Waals surface area contributed by atoms with E-state index in [2.05, 4.69) is 4.90 Å². The molecule has 4 heteroatoms. The van der Waals surface area contributed by atoms with Crippen molar-refractivity contribution >= 4 is 23.2 Å². The first-order valence-corrected chi connectivity index (χ1v) is 7.34. The lowest BCUT2D eigenvalue weighted by molar-refractivity contribution is 0.134. The maximum absolute atomic E-state index is 6.24. The summed E-state index contributed by atoms with van der Waals surface area (Å²) in [5, 5.41) is 1.46. The summed E-state index contributed by atoms with van der Waals surface area (Å²) in [5.41, 5.74) is 6.85. The van der Waals surface area contributed by atoms with E-state index in [-0.39, 0.29) is 0 Å². The number of rotatable bonds is 4. The molecule has 0 bridgehead atoms. The molecule has 1 atom stereocenters. The molecule has 18 heavy (non-hydrogen) atoms. The van der Waals surface area contributed by atoms with Crippen LogP contribution in [-0.2, 0) is 6.54 Å². The lowest BCUT2D eigenvalue weighted by Crippen LogP contribution is -2.40. The highest BCUT2D eigenvalue weighted by Gasteiger charge is 2.22. The molecule has 100 valence electrons. The Balaban J connectivity index is 2.06. The summed E-state index contributed by atoms with van der Waals surface area (Å²) in [6.07, 6.45) is 4.91. The third-order valence-corrected chi connectivity index (χ3v) is 4.22. The van der Waals surface area contributed by atoms with Gasteiger partial charge in [0.15, 0.2) is 0 Å². The van der Waals surface area contributed by atoms with Gasteiger partial charge in [-0.05, 0) is 50.0 Å². The van der Waals surface area contributed by atoms with Gasteiger partial charge < -0.3 is 5.73 Å². The number of hydrogen-bond donors (Lipinski definition) is 1. The minimum absolute atomic E-state index is 0.607. The van der Waals surface area contributed by atoms with Crippen LogP contribution in [0.15, 0.2) is 18.2 Å². The predicted molar refractivity (Wildman–Crippen MR) is 78.2 cm³/mol. The number of nitrogens with zero attached hydrogens (tertiary/aromatic N) is 1. The van der Waals surface area contributed by atoms with Crippen LogP contribution in [0, 0.1) is 0 Å².